The van der Waals surface area contributed by atoms with Crippen LogP contribution in [-0.2, 0) is 7.05 Å². The molecule has 8 heteroatoms. The van der Waals surface area contributed by atoms with Crippen LogP contribution in [0.3, 0.4) is 0 Å². The van der Waals surface area contributed by atoms with Gasteiger partial charge in [0.15, 0.2) is 0 Å². The van der Waals surface area contributed by atoms with E-state index in [-0.39, 0.29) is 11.9 Å². The molecule has 28 heavy (non-hydrogen) atoms. The highest BCUT2D eigenvalue weighted by Crippen LogP contribution is 2.22. The second kappa shape index (κ2) is 6.88. The van der Waals surface area contributed by atoms with Gasteiger partial charge in [-0.15, -0.1) is 0 Å². The lowest BCUT2D eigenvalue weighted by atomic mass is 10.1. The van der Waals surface area contributed by atoms with Gasteiger partial charge in [-0.2, -0.15) is 19.7 Å². The molecule has 3 aromatic heterocycles. The number of hydrogen-bond donors (Lipinski definition) is 1. The standard InChI is InChI=1S/C20H21N7O/c1-12(18-13(2)25-26(4)14(18)3)23-19(28)17-10-16(15-8-6-5-7-9-15)24-20-21-11-22-27(17)20/h5-12H,1-4H3,(H,23,28). The molecule has 8 nitrogen and oxygen atoms in total. The van der Waals surface area contributed by atoms with Gasteiger partial charge in [0.25, 0.3) is 11.7 Å². The molecule has 0 saturated carbocycles. The number of nitrogens with zero attached hydrogens (tertiary/aromatic N) is 6. The Balaban J connectivity index is 1.72. The molecule has 1 unspecified atom stereocenters. The third kappa shape index (κ3) is 3.02. The maximum atomic E-state index is 13.1. The highest BCUT2D eigenvalue weighted by molar-refractivity contribution is 5.94. The van der Waals surface area contributed by atoms with Gasteiger partial charge < -0.3 is 5.32 Å². The van der Waals surface area contributed by atoms with Crippen molar-refractivity contribution in [1.82, 2.24) is 34.7 Å². The molecule has 0 aliphatic rings. The summed E-state index contributed by atoms with van der Waals surface area (Å²) in [6, 6.07) is 11.2. The summed E-state index contributed by atoms with van der Waals surface area (Å²) in [6.07, 6.45) is 1.40. The van der Waals surface area contributed by atoms with Crippen LogP contribution in [0.5, 0.6) is 0 Å². The molecule has 0 radical (unpaired) electrons. The smallest absolute Gasteiger partial charge is 0.270 e. The van der Waals surface area contributed by atoms with Gasteiger partial charge in [-0.3, -0.25) is 9.48 Å². The van der Waals surface area contributed by atoms with Gasteiger partial charge in [0.05, 0.1) is 17.4 Å². The fraction of sp³-hybridized carbons (Fsp3) is 0.250. The summed E-state index contributed by atoms with van der Waals surface area (Å²) in [5.74, 6) is 0.137. The van der Waals surface area contributed by atoms with Crippen molar-refractivity contribution in [2.75, 3.05) is 0 Å². The predicted octanol–water partition coefficient (Wildman–Crippen LogP) is 2.63. The summed E-state index contributed by atoms with van der Waals surface area (Å²) >= 11 is 0. The lowest BCUT2D eigenvalue weighted by molar-refractivity contribution is 0.0932. The minimum absolute atomic E-state index is 0.201. The van der Waals surface area contributed by atoms with Gasteiger partial charge in [0.2, 0.25) is 0 Å². The Morgan fingerprint density at radius 1 is 1.18 bits per heavy atom. The zero-order valence-electron chi connectivity index (χ0n) is 16.2. The molecule has 0 fully saturated rings. The molecule has 0 aliphatic carbocycles. The van der Waals surface area contributed by atoms with Gasteiger partial charge in [-0.25, -0.2) is 4.98 Å². The molecular formula is C20H21N7O. The van der Waals surface area contributed by atoms with Gasteiger partial charge in [0.1, 0.15) is 12.0 Å². The largest absolute Gasteiger partial charge is 0.344 e. The Labute approximate surface area is 162 Å². The average Bonchev–Trinajstić information content (AvgIpc) is 3.25. The van der Waals surface area contributed by atoms with Crippen molar-refractivity contribution in [1.29, 1.82) is 0 Å². The van der Waals surface area contributed by atoms with Crippen LogP contribution in [0.25, 0.3) is 17.0 Å². The van der Waals surface area contributed by atoms with E-state index in [2.05, 4.69) is 25.5 Å². The van der Waals surface area contributed by atoms with Crippen molar-refractivity contribution >= 4 is 11.7 Å². The van der Waals surface area contributed by atoms with E-state index in [0.29, 0.717) is 17.2 Å². The summed E-state index contributed by atoms with van der Waals surface area (Å²) < 4.78 is 3.28. The van der Waals surface area contributed by atoms with Crippen molar-refractivity contribution in [3.05, 3.63) is 65.4 Å². The van der Waals surface area contributed by atoms with Crippen LogP contribution in [0.15, 0.2) is 42.7 Å². The maximum absolute atomic E-state index is 13.1. The lowest BCUT2D eigenvalue weighted by Gasteiger charge is -2.15. The van der Waals surface area contributed by atoms with E-state index in [9.17, 15) is 4.79 Å². The number of aryl methyl sites for hydroxylation is 2. The van der Waals surface area contributed by atoms with Crippen molar-refractivity contribution in [3.8, 4) is 11.3 Å². The first-order valence-electron chi connectivity index (χ1n) is 9.03. The van der Waals surface area contributed by atoms with Crippen molar-refractivity contribution in [2.45, 2.75) is 26.8 Å². The SMILES string of the molecule is Cc1nn(C)c(C)c1C(C)NC(=O)c1cc(-c2ccccc2)nc2ncnn12. The van der Waals surface area contributed by atoms with Crippen molar-refractivity contribution < 1.29 is 4.79 Å². The minimum atomic E-state index is -0.245. The number of aromatic nitrogens is 6. The summed E-state index contributed by atoms with van der Waals surface area (Å²) in [5, 5.41) is 11.7. The maximum Gasteiger partial charge on any atom is 0.270 e. The van der Waals surface area contributed by atoms with E-state index in [4.69, 9.17) is 0 Å². The zero-order valence-corrected chi connectivity index (χ0v) is 16.2. The number of benzene rings is 1. The third-order valence-corrected chi connectivity index (χ3v) is 4.90. The minimum Gasteiger partial charge on any atom is -0.344 e. The van der Waals surface area contributed by atoms with E-state index < -0.39 is 0 Å². The number of nitrogens with one attached hydrogen (secondary N) is 1. The molecule has 4 rings (SSSR count). The van der Waals surface area contributed by atoms with E-state index in [0.717, 1.165) is 22.5 Å². The Morgan fingerprint density at radius 2 is 1.93 bits per heavy atom. The van der Waals surface area contributed by atoms with Crippen LogP contribution in [0.2, 0.25) is 0 Å². The number of carbonyl (C=O) groups excluding carboxylic acids is 1. The van der Waals surface area contributed by atoms with Crippen LogP contribution in [0.4, 0.5) is 0 Å². The first-order valence-corrected chi connectivity index (χ1v) is 9.03. The Hall–Kier alpha value is -3.55. The lowest BCUT2D eigenvalue weighted by Crippen LogP contribution is -2.29. The first-order chi connectivity index (χ1) is 13.5. The molecule has 1 amide bonds. The monoisotopic (exact) mass is 375 g/mol. The van der Waals surface area contributed by atoms with Gasteiger partial charge in [0, 0.05) is 23.9 Å². The van der Waals surface area contributed by atoms with Gasteiger partial charge >= 0.3 is 0 Å². The van der Waals surface area contributed by atoms with Gasteiger partial charge in [-0.05, 0) is 26.8 Å². The highest BCUT2D eigenvalue weighted by atomic mass is 16.2. The second-order valence-corrected chi connectivity index (χ2v) is 6.77. The number of amides is 1. The molecule has 0 bridgehead atoms. The van der Waals surface area contributed by atoms with E-state index >= 15 is 0 Å². The van der Waals surface area contributed by atoms with Crippen LogP contribution >= 0.6 is 0 Å². The molecule has 1 atom stereocenters. The van der Waals surface area contributed by atoms with Crippen LogP contribution in [0, 0.1) is 13.8 Å². The molecule has 0 aliphatic heterocycles. The Morgan fingerprint density at radius 3 is 2.61 bits per heavy atom. The third-order valence-electron chi connectivity index (χ3n) is 4.90. The van der Waals surface area contributed by atoms with Crippen LogP contribution in [-0.4, -0.2) is 35.3 Å². The first kappa shape index (κ1) is 17.8. The summed E-state index contributed by atoms with van der Waals surface area (Å²) in [6.45, 7) is 5.89. The Kier molecular flexibility index (Phi) is 4.38. The quantitative estimate of drug-likeness (QED) is 0.592. The van der Waals surface area contributed by atoms with E-state index in [1.807, 2.05) is 62.8 Å². The number of rotatable bonds is 4. The van der Waals surface area contributed by atoms with Crippen molar-refractivity contribution in [3.63, 3.8) is 0 Å². The molecule has 0 spiro atoms. The molecule has 0 saturated heterocycles. The molecule has 4 aromatic rings. The van der Waals surface area contributed by atoms with E-state index in [1.165, 1.54) is 10.8 Å². The fourth-order valence-corrected chi connectivity index (χ4v) is 3.49. The number of fused-ring (bicyclic) bond motifs is 1. The normalized spacial score (nSPS) is 12.3. The van der Waals surface area contributed by atoms with Crippen molar-refractivity contribution in [2.24, 2.45) is 7.05 Å². The summed E-state index contributed by atoms with van der Waals surface area (Å²) in [5.41, 5.74) is 4.91. The highest BCUT2D eigenvalue weighted by Gasteiger charge is 2.21. The summed E-state index contributed by atoms with van der Waals surface area (Å²) in [4.78, 5) is 21.8. The number of hydrogen-bond acceptors (Lipinski definition) is 5. The molecule has 1 aromatic carbocycles. The fourth-order valence-electron chi connectivity index (χ4n) is 3.49. The van der Waals surface area contributed by atoms with E-state index in [1.54, 1.807) is 6.07 Å². The topological polar surface area (TPSA) is 90.0 Å². The molecule has 142 valence electrons. The second-order valence-electron chi connectivity index (χ2n) is 6.77. The zero-order chi connectivity index (χ0) is 19.8. The van der Waals surface area contributed by atoms with Crippen LogP contribution < -0.4 is 5.32 Å². The predicted molar refractivity (Wildman–Crippen MR) is 105 cm³/mol. The molecule has 3 heterocycles. The number of carbonyl (C=O) groups is 1. The van der Waals surface area contributed by atoms with Crippen LogP contribution in [0.1, 0.15) is 40.4 Å². The summed E-state index contributed by atoms with van der Waals surface area (Å²) in [7, 11) is 1.90. The molecule has 1 N–H and O–H groups in total. The average molecular weight is 375 g/mol. The molecular weight excluding hydrogens is 354 g/mol. The van der Waals surface area contributed by atoms with Gasteiger partial charge in [-0.1, -0.05) is 30.3 Å². The Bertz CT molecular complexity index is 1160.